The normalized spacial score (nSPS) is 17.8. The molecule has 2 N–H and O–H groups in total. The van der Waals surface area contributed by atoms with Crippen molar-refractivity contribution in [3.63, 3.8) is 0 Å². The van der Waals surface area contributed by atoms with Crippen LogP contribution in [0, 0.1) is 0 Å². The molecule has 0 aliphatic carbocycles. The molecule has 4 rings (SSSR count). The van der Waals surface area contributed by atoms with Crippen LogP contribution >= 0.6 is 0 Å². The number of ether oxygens (including phenoxy) is 1. The van der Waals surface area contributed by atoms with Crippen LogP contribution < -0.4 is 10.2 Å². The number of aromatic nitrogens is 3. The Morgan fingerprint density at radius 2 is 1.97 bits per heavy atom. The van der Waals surface area contributed by atoms with E-state index in [1.54, 1.807) is 32.3 Å². The number of carbonyl (C=O) groups excluding carboxylic acids is 1. The zero-order valence-electron chi connectivity index (χ0n) is 16.8. The molecule has 29 heavy (non-hydrogen) atoms. The summed E-state index contributed by atoms with van der Waals surface area (Å²) < 4.78 is 5.40. The van der Waals surface area contributed by atoms with E-state index in [9.17, 15) is 9.90 Å². The molecule has 154 valence electrons. The van der Waals surface area contributed by atoms with Crippen LogP contribution in [0.1, 0.15) is 19.5 Å². The van der Waals surface area contributed by atoms with Crippen molar-refractivity contribution in [1.82, 2.24) is 19.9 Å². The molecule has 0 saturated carbocycles. The van der Waals surface area contributed by atoms with Crippen LogP contribution in [0.5, 0.6) is 0 Å². The fraction of sp³-hybridized carbons (Fsp3) is 0.500. The van der Waals surface area contributed by atoms with Gasteiger partial charge in [-0.1, -0.05) is 0 Å². The molecule has 0 aromatic carbocycles. The molecule has 1 amide bonds. The number of hydrogen-bond acceptors (Lipinski definition) is 8. The van der Waals surface area contributed by atoms with E-state index in [4.69, 9.17) is 9.72 Å². The number of rotatable bonds is 5. The van der Waals surface area contributed by atoms with Crippen molar-refractivity contribution >= 4 is 17.5 Å². The van der Waals surface area contributed by atoms with E-state index in [-0.39, 0.29) is 12.5 Å². The summed E-state index contributed by atoms with van der Waals surface area (Å²) >= 11 is 0. The molecule has 2 aliphatic heterocycles. The Balaban J connectivity index is 1.55. The van der Waals surface area contributed by atoms with Crippen molar-refractivity contribution in [1.29, 1.82) is 0 Å². The van der Waals surface area contributed by atoms with Gasteiger partial charge in [0.05, 0.1) is 37.3 Å². The fourth-order valence-electron chi connectivity index (χ4n) is 3.43. The van der Waals surface area contributed by atoms with Crippen LogP contribution in [-0.4, -0.2) is 76.8 Å². The van der Waals surface area contributed by atoms with E-state index < -0.39 is 5.60 Å². The van der Waals surface area contributed by atoms with Crippen LogP contribution in [0.15, 0.2) is 24.5 Å². The molecule has 9 nitrogen and oxygen atoms in total. The number of nitrogens with zero attached hydrogens (tertiary/aromatic N) is 5. The third kappa shape index (κ3) is 4.52. The monoisotopic (exact) mass is 398 g/mol. The van der Waals surface area contributed by atoms with Gasteiger partial charge < -0.3 is 20.1 Å². The van der Waals surface area contributed by atoms with Crippen LogP contribution in [0.4, 0.5) is 11.6 Å². The molecule has 0 spiro atoms. The van der Waals surface area contributed by atoms with Crippen LogP contribution in [0.2, 0.25) is 0 Å². The minimum absolute atomic E-state index is 0.0854. The number of carbonyl (C=O) groups is 1. The molecular formula is C20H26N6O3. The number of hydrogen-bond donors (Lipinski definition) is 2. The van der Waals surface area contributed by atoms with E-state index in [2.05, 4.69) is 20.2 Å². The number of amides is 1. The highest BCUT2D eigenvalue weighted by molar-refractivity contribution is 5.99. The number of anilines is 2. The first-order valence-electron chi connectivity index (χ1n) is 9.81. The smallest absolute Gasteiger partial charge is 0.245 e. The summed E-state index contributed by atoms with van der Waals surface area (Å²) in [7, 11) is 0. The highest BCUT2D eigenvalue weighted by atomic mass is 16.5. The van der Waals surface area contributed by atoms with Gasteiger partial charge in [0.2, 0.25) is 5.91 Å². The summed E-state index contributed by atoms with van der Waals surface area (Å²) in [6, 6.07) is 3.66. The minimum atomic E-state index is -0.999. The van der Waals surface area contributed by atoms with E-state index in [0.29, 0.717) is 29.6 Å². The fourth-order valence-corrected chi connectivity index (χ4v) is 3.43. The van der Waals surface area contributed by atoms with Gasteiger partial charge in [-0.3, -0.25) is 14.7 Å². The lowest BCUT2D eigenvalue weighted by molar-refractivity contribution is -0.115. The Kier molecular flexibility index (Phi) is 5.44. The highest BCUT2D eigenvalue weighted by Gasteiger charge is 2.26. The van der Waals surface area contributed by atoms with Gasteiger partial charge in [0.1, 0.15) is 5.60 Å². The van der Waals surface area contributed by atoms with Gasteiger partial charge in [0.15, 0.2) is 11.6 Å². The summed E-state index contributed by atoms with van der Waals surface area (Å²) in [4.78, 5) is 29.9. The van der Waals surface area contributed by atoms with Gasteiger partial charge in [-0.2, -0.15) is 0 Å². The molecule has 0 bridgehead atoms. The molecule has 4 heterocycles. The van der Waals surface area contributed by atoms with Gasteiger partial charge in [-0.25, -0.2) is 9.97 Å². The van der Waals surface area contributed by atoms with Gasteiger partial charge in [0.25, 0.3) is 0 Å². The largest absolute Gasteiger partial charge is 0.384 e. The van der Waals surface area contributed by atoms with Gasteiger partial charge in [0, 0.05) is 37.9 Å². The van der Waals surface area contributed by atoms with E-state index in [1.807, 2.05) is 11.0 Å². The molecule has 0 unspecified atom stereocenters. The number of morpholine rings is 1. The average Bonchev–Trinajstić information content (AvgIpc) is 2.72. The summed E-state index contributed by atoms with van der Waals surface area (Å²) in [6.07, 6.45) is 3.31. The zero-order valence-corrected chi connectivity index (χ0v) is 16.8. The molecule has 0 atom stereocenters. The second-order valence-corrected chi connectivity index (χ2v) is 7.84. The van der Waals surface area contributed by atoms with E-state index in [0.717, 1.165) is 38.4 Å². The predicted molar refractivity (Wildman–Crippen MR) is 109 cm³/mol. The summed E-state index contributed by atoms with van der Waals surface area (Å²) in [5.41, 5.74) is 1.07. The molecule has 1 saturated heterocycles. The Bertz CT molecular complexity index is 875. The molecule has 9 heteroatoms. The maximum atomic E-state index is 12.1. The summed E-state index contributed by atoms with van der Waals surface area (Å²) in [5, 5.41) is 12.9. The quantitative estimate of drug-likeness (QED) is 0.764. The maximum Gasteiger partial charge on any atom is 0.245 e. The molecule has 1 fully saturated rings. The van der Waals surface area contributed by atoms with E-state index >= 15 is 0 Å². The number of nitrogens with one attached hydrogen (secondary N) is 1. The maximum absolute atomic E-state index is 12.1. The second-order valence-electron chi connectivity index (χ2n) is 7.84. The van der Waals surface area contributed by atoms with Crippen molar-refractivity contribution in [2.24, 2.45) is 0 Å². The second kappa shape index (κ2) is 8.02. The first kappa shape index (κ1) is 19.7. The topological polar surface area (TPSA) is 104 Å². The molecule has 2 aliphatic rings. The Morgan fingerprint density at radius 1 is 1.17 bits per heavy atom. The summed E-state index contributed by atoms with van der Waals surface area (Å²) in [5.74, 6) is 1.06. The first-order valence-corrected chi connectivity index (χ1v) is 9.81. The van der Waals surface area contributed by atoms with Crippen LogP contribution in [-0.2, 0) is 15.1 Å². The van der Waals surface area contributed by atoms with Crippen LogP contribution in [0.25, 0.3) is 11.3 Å². The van der Waals surface area contributed by atoms with Crippen LogP contribution in [0.3, 0.4) is 0 Å². The third-order valence-corrected chi connectivity index (χ3v) is 5.12. The van der Waals surface area contributed by atoms with Crippen molar-refractivity contribution < 1.29 is 14.6 Å². The minimum Gasteiger partial charge on any atom is -0.384 e. The lowest BCUT2D eigenvalue weighted by atomic mass is 10.0. The van der Waals surface area contributed by atoms with Gasteiger partial charge in [-0.15, -0.1) is 0 Å². The molecule has 2 aromatic rings. The van der Waals surface area contributed by atoms with Gasteiger partial charge >= 0.3 is 0 Å². The Labute approximate surface area is 169 Å². The molecule has 2 aromatic heterocycles. The zero-order chi connectivity index (χ0) is 20.4. The lowest BCUT2D eigenvalue weighted by Gasteiger charge is -2.32. The van der Waals surface area contributed by atoms with Crippen molar-refractivity contribution in [2.75, 3.05) is 56.2 Å². The van der Waals surface area contributed by atoms with E-state index in [1.165, 1.54) is 0 Å². The SMILES string of the molecule is CC(C)(O)c1ccc(-c2cnc3c(n2)N(CCN2CCOCC2)CC(=O)N3)cn1. The average molecular weight is 398 g/mol. The molecular weight excluding hydrogens is 372 g/mol. The van der Waals surface area contributed by atoms with Gasteiger partial charge in [-0.05, 0) is 26.0 Å². The number of pyridine rings is 1. The standard InChI is InChI=1S/C20H26N6O3/c1-20(2,28)16-4-3-14(11-21-16)15-12-22-18-19(23-15)26(13-17(27)24-18)6-5-25-7-9-29-10-8-25/h3-4,11-12,28H,5-10,13H2,1-2H3,(H,22,24,27). The van der Waals surface area contributed by atoms with Crippen molar-refractivity contribution in [3.05, 3.63) is 30.2 Å². The number of aliphatic hydroxyl groups is 1. The highest BCUT2D eigenvalue weighted by Crippen LogP contribution is 2.29. The Hall–Kier alpha value is -2.62. The van der Waals surface area contributed by atoms with Crippen molar-refractivity contribution in [2.45, 2.75) is 19.4 Å². The lowest BCUT2D eigenvalue weighted by Crippen LogP contribution is -2.45. The molecule has 0 radical (unpaired) electrons. The first-order chi connectivity index (χ1) is 13.9. The Morgan fingerprint density at radius 3 is 2.66 bits per heavy atom. The summed E-state index contributed by atoms with van der Waals surface area (Å²) in [6.45, 7) is 8.47. The predicted octanol–water partition coefficient (Wildman–Crippen LogP) is 0.857. The number of fused-ring (bicyclic) bond motifs is 1. The third-order valence-electron chi connectivity index (χ3n) is 5.12. The van der Waals surface area contributed by atoms with Crippen molar-refractivity contribution in [3.8, 4) is 11.3 Å².